The van der Waals surface area contributed by atoms with Crippen molar-refractivity contribution in [3.05, 3.63) is 75.6 Å². The zero-order valence-electron chi connectivity index (χ0n) is 17.1. The molecule has 3 amide bonds. The number of carbonyl (C=O) groups is 2. The minimum atomic E-state index is -0.513. The van der Waals surface area contributed by atoms with Gasteiger partial charge in [-0.3, -0.25) is 24.8 Å². The summed E-state index contributed by atoms with van der Waals surface area (Å²) in [6, 6.07) is 13.4. The molecule has 10 nitrogen and oxygen atoms in total. The molecule has 2 aromatic carbocycles. The summed E-state index contributed by atoms with van der Waals surface area (Å²) >= 11 is 1.45. The Morgan fingerprint density at radius 1 is 1.19 bits per heavy atom. The van der Waals surface area contributed by atoms with Crippen LogP contribution in [0.1, 0.15) is 23.4 Å². The van der Waals surface area contributed by atoms with Gasteiger partial charge in [0.1, 0.15) is 5.82 Å². The molecule has 1 aliphatic heterocycles. The lowest BCUT2D eigenvalue weighted by molar-refractivity contribution is -0.384. The van der Waals surface area contributed by atoms with Gasteiger partial charge < -0.3 is 5.32 Å². The summed E-state index contributed by atoms with van der Waals surface area (Å²) in [4.78, 5) is 33.8. The molecule has 1 saturated heterocycles. The third-order valence-electron chi connectivity index (χ3n) is 4.92. The normalized spacial score (nSPS) is 15.8. The molecule has 164 valence electrons. The average molecular weight is 452 g/mol. The van der Waals surface area contributed by atoms with Gasteiger partial charge in [-0.1, -0.05) is 36.0 Å². The van der Waals surface area contributed by atoms with Gasteiger partial charge in [-0.2, -0.15) is 0 Å². The van der Waals surface area contributed by atoms with Gasteiger partial charge in [0.2, 0.25) is 5.91 Å². The van der Waals surface area contributed by atoms with E-state index in [1.165, 1.54) is 23.9 Å². The van der Waals surface area contributed by atoms with Crippen LogP contribution in [0.5, 0.6) is 0 Å². The van der Waals surface area contributed by atoms with E-state index in [0.717, 1.165) is 16.8 Å². The second kappa shape index (κ2) is 9.18. The summed E-state index contributed by atoms with van der Waals surface area (Å²) in [7, 11) is 0. The number of benzene rings is 2. The quantitative estimate of drug-likeness (QED) is 0.320. The number of aryl methyl sites for hydroxylation is 1. The Morgan fingerprint density at radius 3 is 2.66 bits per heavy atom. The number of rotatable bonds is 7. The minimum absolute atomic E-state index is 0.0440. The zero-order chi connectivity index (χ0) is 22.7. The van der Waals surface area contributed by atoms with Crippen LogP contribution in [0.3, 0.4) is 0 Å². The molecule has 2 N–H and O–H groups in total. The van der Waals surface area contributed by atoms with E-state index in [2.05, 4.69) is 20.8 Å². The number of carbonyl (C=O) groups excluding carboxylic acids is 2. The Hall–Kier alpha value is -3.73. The molecule has 0 bridgehead atoms. The van der Waals surface area contributed by atoms with Gasteiger partial charge in [-0.25, -0.2) is 4.79 Å². The van der Waals surface area contributed by atoms with Crippen LogP contribution in [-0.2, 0) is 17.0 Å². The first-order chi connectivity index (χ1) is 15.4. The Morgan fingerprint density at radius 2 is 1.97 bits per heavy atom. The summed E-state index contributed by atoms with van der Waals surface area (Å²) < 4.78 is 1.92. The van der Waals surface area contributed by atoms with Crippen molar-refractivity contribution in [3.63, 3.8) is 0 Å². The molecule has 0 spiro atoms. The fourth-order valence-corrected chi connectivity index (χ4v) is 4.36. The SMILES string of the molecule is Cc1cccc(-n2c(CC3CC(=O)NC(=O)N3)nnc2SCc2ccc([N+](=O)[O-])cc2)c1. The Labute approximate surface area is 187 Å². The monoisotopic (exact) mass is 452 g/mol. The van der Waals surface area contributed by atoms with Crippen LogP contribution in [-0.4, -0.2) is 37.7 Å². The number of nitrogens with one attached hydrogen (secondary N) is 2. The summed E-state index contributed by atoms with van der Waals surface area (Å²) in [5.41, 5.74) is 2.90. The second-order valence-electron chi connectivity index (χ2n) is 7.41. The largest absolute Gasteiger partial charge is 0.334 e. The fourth-order valence-electron chi connectivity index (χ4n) is 3.43. The summed E-state index contributed by atoms with van der Waals surface area (Å²) in [5.74, 6) is 0.847. The van der Waals surface area contributed by atoms with Gasteiger partial charge >= 0.3 is 6.03 Å². The van der Waals surface area contributed by atoms with Crippen LogP contribution in [0.25, 0.3) is 5.69 Å². The molecule has 0 saturated carbocycles. The molecule has 3 aromatic rings. The molecule has 1 unspecified atom stereocenters. The van der Waals surface area contributed by atoms with E-state index in [1.54, 1.807) is 12.1 Å². The number of hydrogen-bond acceptors (Lipinski definition) is 7. The highest BCUT2D eigenvalue weighted by Crippen LogP contribution is 2.27. The number of hydrogen-bond donors (Lipinski definition) is 2. The van der Waals surface area contributed by atoms with Crippen LogP contribution in [0, 0.1) is 17.0 Å². The van der Waals surface area contributed by atoms with E-state index < -0.39 is 11.0 Å². The number of amides is 3. The molecule has 1 aliphatic rings. The highest BCUT2D eigenvalue weighted by molar-refractivity contribution is 7.98. The molecular formula is C21H20N6O4S. The van der Waals surface area contributed by atoms with Crippen LogP contribution in [0.4, 0.5) is 10.5 Å². The first-order valence-electron chi connectivity index (χ1n) is 9.87. The van der Waals surface area contributed by atoms with Gasteiger partial charge in [-0.15, -0.1) is 10.2 Å². The number of nitro benzene ring substituents is 1. The standard InChI is InChI=1S/C21H20N6O4S/c1-13-3-2-4-17(9-13)26-18(10-15-11-19(28)23-20(29)22-15)24-25-21(26)32-12-14-5-7-16(8-6-14)27(30)31/h2-9,15H,10-12H2,1H3,(H2,22,23,28,29). The van der Waals surface area contributed by atoms with Crippen molar-refractivity contribution < 1.29 is 14.5 Å². The lowest BCUT2D eigenvalue weighted by atomic mass is 10.1. The number of aromatic nitrogens is 3. The van der Waals surface area contributed by atoms with Crippen LogP contribution in [0.15, 0.2) is 53.7 Å². The maximum Gasteiger partial charge on any atom is 0.321 e. The van der Waals surface area contributed by atoms with Crippen molar-refractivity contribution in [1.29, 1.82) is 0 Å². The highest BCUT2D eigenvalue weighted by Gasteiger charge is 2.26. The van der Waals surface area contributed by atoms with Gasteiger partial charge in [-0.05, 0) is 30.2 Å². The van der Waals surface area contributed by atoms with Crippen molar-refractivity contribution in [3.8, 4) is 5.69 Å². The van der Waals surface area contributed by atoms with E-state index in [1.807, 2.05) is 35.8 Å². The van der Waals surface area contributed by atoms with E-state index in [4.69, 9.17) is 0 Å². The topological polar surface area (TPSA) is 132 Å². The summed E-state index contributed by atoms with van der Waals surface area (Å²) in [6.07, 6.45) is 0.510. The van der Waals surface area contributed by atoms with Crippen molar-refractivity contribution in [2.45, 2.75) is 36.7 Å². The third kappa shape index (κ3) is 4.94. The van der Waals surface area contributed by atoms with Gasteiger partial charge in [0.25, 0.3) is 5.69 Å². The molecule has 11 heteroatoms. The summed E-state index contributed by atoms with van der Waals surface area (Å²) in [6.45, 7) is 1.99. The van der Waals surface area contributed by atoms with Gasteiger partial charge in [0, 0.05) is 42.5 Å². The molecule has 1 fully saturated rings. The Kier molecular flexibility index (Phi) is 6.17. The number of nitro groups is 1. The molecule has 1 aromatic heterocycles. The predicted molar refractivity (Wildman–Crippen MR) is 118 cm³/mol. The van der Waals surface area contributed by atoms with E-state index in [0.29, 0.717) is 23.2 Å². The molecule has 0 aliphatic carbocycles. The highest BCUT2D eigenvalue weighted by atomic mass is 32.2. The third-order valence-corrected chi connectivity index (χ3v) is 5.92. The maximum atomic E-state index is 11.7. The lowest BCUT2D eigenvalue weighted by Gasteiger charge is -2.23. The van der Waals surface area contributed by atoms with Gasteiger partial charge in [0.05, 0.1) is 4.92 Å². The number of urea groups is 1. The van der Waals surface area contributed by atoms with Crippen LogP contribution < -0.4 is 10.6 Å². The van der Waals surface area contributed by atoms with Crippen molar-refractivity contribution in [2.24, 2.45) is 0 Å². The molecule has 0 radical (unpaired) electrons. The number of thioether (sulfide) groups is 1. The number of imide groups is 1. The second-order valence-corrected chi connectivity index (χ2v) is 8.35. The van der Waals surface area contributed by atoms with Crippen molar-refractivity contribution in [2.75, 3.05) is 0 Å². The zero-order valence-corrected chi connectivity index (χ0v) is 18.0. The lowest BCUT2D eigenvalue weighted by Crippen LogP contribution is -2.53. The molecule has 4 rings (SSSR count). The first-order valence-corrected chi connectivity index (χ1v) is 10.9. The van der Waals surface area contributed by atoms with Crippen molar-refractivity contribution in [1.82, 2.24) is 25.4 Å². The minimum Gasteiger partial charge on any atom is -0.334 e. The summed E-state index contributed by atoms with van der Waals surface area (Å²) in [5, 5.41) is 25.2. The first kappa shape index (κ1) is 21.5. The molecular weight excluding hydrogens is 432 g/mol. The average Bonchev–Trinajstić information content (AvgIpc) is 3.14. The van der Waals surface area contributed by atoms with Crippen LogP contribution >= 0.6 is 11.8 Å². The smallest absolute Gasteiger partial charge is 0.321 e. The van der Waals surface area contributed by atoms with E-state index >= 15 is 0 Å². The maximum absolute atomic E-state index is 11.7. The predicted octanol–water partition coefficient (Wildman–Crippen LogP) is 2.92. The van der Waals surface area contributed by atoms with Crippen LogP contribution in [0.2, 0.25) is 0 Å². The number of nitrogens with zero attached hydrogens (tertiary/aromatic N) is 4. The van der Waals surface area contributed by atoms with Gasteiger partial charge in [0.15, 0.2) is 5.16 Å². The van der Waals surface area contributed by atoms with Crippen molar-refractivity contribution >= 4 is 29.4 Å². The Balaban J connectivity index is 1.59. The molecule has 1 atom stereocenters. The van der Waals surface area contributed by atoms with E-state index in [9.17, 15) is 19.7 Å². The fraction of sp³-hybridized carbons (Fsp3) is 0.238. The molecule has 2 heterocycles. The van der Waals surface area contributed by atoms with E-state index in [-0.39, 0.29) is 24.1 Å². The number of non-ortho nitro benzene ring substituents is 1. The molecule has 32 heavy (non-hydrogen) atoms. The Bertz CT molecular complexity index is 1160.